The van der Waals surface area contributed by atoms with Gasteiger partial charge in [0.2, 0.25) is 0 Å². The lowest BCUT2D eigenvalue weighted by atomic mass is 10.0. The second-order valence-electron chi connectivity index (χ2n) is 4.96. The van der Waals surface area contributed by atoms with E-state index in [0.717, 1.165) is 6.42 Å². The lowest BCUT2D eigenvalue weighted by Crippen LogP contribution is -2.35. The van der Waals surface area contributed by atoms with Gasteiger partial charge in [0.25, 0.3) is 0 Å². The number of rotatable bonds is 5. The Bertz CT molecular complexity index is 303. The van der Waals surface area contributed by atoms with E-state index < -0.39 is 0 Å². The maximum atomic E-state index is 5.66. The Labute approximate surface area is 99.5 Å². The molecule has 1 rings (SSSR count). The summed E-state index contributed by atoms with van der Waals surface area (Å²) in [5.41, 5.74) is 8.32. The van der Waals surface area contributed by atoms with Gasteiger partial charge in [0.1, 0.15) is 0 Å². The molecule has 90 valence electrons. The normalized spacial score (nSPS) is 12.9. The van der Waals surface area contributed by atoms with E-state index in [9.17, 15) is 0 Å². The first-order chi connectivity index (χ1) is 7.54. The lowest BCUT2D eigenvalue weighted by molar-refractivity contribution is 0.647. The Balaban J connectivity index is 2.70. The van der Waals surface area contributed by atoms with Gasteiger partial charge < -0.3 is 10.6 Å². The number of hydrogen-bond acceptors (Lipinski definition) is 2. The largest absolute Gasteiger partial charge is 0.371 e. The number of hydrogen-bond donors (Lipinski definition) is 1. The molecule has 0 aromatic heterocycles. The van der Waals surface area contributed by atoms with E-state index in [1.807, 2.05) is 0 Å². The fourth-order valence-corrected chi connectivity index (χ4v) is 1.75. The maximum Gasteiger partial charge on any atom is 0.0380 e. The Morgan fingerprint density at radius 2 is 1.69 bits per heavy atom. The highest BCUT2D eigenvalue weighted by Gasteiger charge is 2.07. The molecular weight excluding hydrogens is 196 g/mol. The third-order valence-corrected chi connectivity index (χ3v) is 2.99. The van der Waals surface area contributed by atoms with Crippen LogP contribution >= 0.6 is 0 Å². The lowest BCUT2D eigenvalue weighted by Gasteiger charge is -2.26. The molecule has 0 fully saturated rings. The van der Waals surface area contributed by atoms with E-state index in [1.165, 1.54) is 11.3 Å². The van der Waals surface area contributed by atoms with Crippen LogP contribution in [0.5, 0.6) is 0 Å². The van der Waals surface area contributed by atoms with Crippen molar-refractivity contribution in [2.24, 2.45) is 11.7 Å². The molecule has 2 nitrogen and oxygen atoms in total. The first-order valence-corrected chi connectivity index (χ1v) is 6.06. The second-order valence-corrected chi connectivity index (χ2v) is 4.96. The van der Waals surface area contributed by atoms with E-state index >= 15 is 0 Å². The summed E-state index contributed by atoms with van der Waals surface area (Å²) in [4.78, 5) is 2.22. The van der Waals surface area contributed by atoms with Crippen molar-refractivity contribution in [3.63, 3.8) is 0 Å². The number of nitrogens with zero attached hydrogens (tertiary/aromatic N) is 1. The third kappa shape index (κ3) is 3.53. The van der Waals surface area contributed by atoms with E-state index in [2.05, 4.69) is 57.0 Å². The van der Waals surface area contributed by atoms with Crippen molar-refractivity contribution < 1.29 is 0 Å². The Morgan fingerprint density at radius 3 is 2.12 bits per heavy atom. The van der Waals surface area contributed by atoms with Crippen molar-refractivity contribution in [1.29, 1.82) is 0 Å². The van der Waals surface area contributed by atoms with Crippen molar-refractivity contribution in [2.75, 3.05) is 18.5 Å². The van der Waals surface area contributed by atoms with Gasteiger partial charge in [-0.3, -0.25) is 0 Å². The molecule has 0 saturated carbocycles. The van der Waals surface area contributed by atoms with Gasteiger partial charge in [0.05, 0.1) is 0 Å². The molecule has 2 heteroatoms. The van der Waals surface area contributed by atoms with E-state index in [4.69, 9.17) is 5.73 Å². The summed E-state index contributed by atoms with van der Waals surface area (Å²) in [6, 6.07) is 9.19. The molecule has 1 atom stereocenters. The minimum absolute atomic E-state index is 0.385. The summed E-state index contributed by atoms with van der Waals surface area (Å²) in [6.07, 6.45) is 1.15. The number of nitrogens with two attached hydrogens (primary N) is 1. The minimum atomic E-state index is 0.385. The third-order valence-electron chi connectivity index (χ3n) is 2.99. The van der Waals surface area contributed by atoms with Crippen LogP contribution in [0.1, 0.15) is 26.3 Å². The molecule has 0 saturated heterocycles. The first kappa shape index (κ1) is 13.0. The maximum absolute atomic E-state index is 5.66. The standard InChI is InChI=1S/C14H24N2/c1-11(2)9-13-5-7-14(8-6-13)16(4)12(3)10-15/h5-8,11-12H,9-10,15H2,1-4H3. The van der Waals surface area contributed by atoms with Gasteiger partial charge in [-0.15, -0.1) is 0 Å². The fourth-order valence-electron chi connectivity index (χ4n) is 1.75. The summed E-state index contributed by atoms with van der Waals surface area (Å²) >= 11 is 0. The average molecular weight is 220 g/mol. The van der Waals surface area contributed by atoms with Crippen LogP contribution in [0.2, 0.25) is 0 Å². The van der Waals surface area contributed by atoms with Gasteiger partial charge in [-0.2, -0.15) is 0 Å². The molecule has 0 aliphatic heterocycles. The van der Waals surface area contributed by atoms with Crippen LogP contribution in [-0.4, -0.2) is 19.6 Å². The predicted molar refractivity (Wildman–Crippen MR) is 71.9 cm³/mol. The van der Waals surface area contributed by atoms with Crippen LogP contribution in [0, 0.1) is 5.92 Å². The molecule has 0 spiro atoms. The highest BCUT2D eigenvalue weighted by atomic mass is 15.1. The summed E-state index contributed by atoms with van der Waals surface area (Å²) in [7, 11) is 2.09. The van der Waals surface area contributed by atoms with Gasteiger partial charge in [-0.05, 0) is 37.0 Å². The van der Waals surface area contributed by atoms with Gasteiger partial charge in [-0.25, -0.2) is 0 Å². The molecule has 0 heterocycles. The first-order valence-electron chi connectivity index (χ1n) is 6.06. The smallest absolute Gasteiger partial charge is 0.0380 e. The van der Waals surface area contributed by atoms with E-state index in [-0.39, 0.29) is 0 Å². The van der Waals surface area contributed by atoms with Crippen molar-refractivity contribution >= 4 is 5.69 Å². The second kappa shape index (κ2) is 5.90. The van der Waals surface area contributed by atoms with E-state index in [0.29, 0.717) is 18.5 Å². The predicted octanol–water partition coefficient (Wildman–Crippen LogP) is 2.67. The van der Waals surface area contributed by atoms with Crippen LogP contribution < -0.4 is 10.6 Å². The molecule has 2 N–H and O–H groups in total. The summed E-state index contributed by atoms with van der Waals surface area (Å²) in [5, 5.41) is 0. The van der Waals surface area contributed by atoms with Crippen molar-refractivity contribution in [3.05, 3.63) is 29.8 Å². The molecule has 0 amide bonds. The van der Waals surface area contributed by atoms with Crippen LogP contribution in [0.4, 0.5) is 5.69 Å². The van der Waals surface area contributed by atoms with Crippen LogP contribution in [-0.2, 0) is 6.42 Å². The van der Waals surface area contributed by atoms with Crippen LogP contribution in [0.15, 0.2) is 24.3 Å². The molecule has 0 radical (unpaired) electrons. The average Bonchev–Trinajstić information content (AvgIpc) is 2.27. The van der Waals surface area contributed by atoms with Crippen molar-refractivity contribution in [1.82, 2.24) is 0 Å². The van der Waals surface area contributed by atoms with Crippen molar-refractivity contribution in [2.45, 2.75) is 33.2 Å². The Kier molecular flexibility index (Phi) is 4.81. The highest BCUT2D eigenvalue weighted by Crippen LogP contribution is 2.17. The molecule has 16 heavy (non-hydrogen) atoms. The zero-order valence-corrected chi connectivity index (χ0v) is 10.9. The zero-order valence-electron chi connectivity index (χ0n) is 10.9. The Hall–Kier alpha value is -1.02. The topological polar surface area (TPSA) is 29.3 Å². The fraction of sp³-hybridized carbons (Fsp3) is 0.571. The number of anilines is 1. The molecule has 1 aromatic carbocycles. The minimum Gasteiger partial charge on any atom is -0.371 e. The quantitative estimate of drug-likeness (QED) is 0.826. The molecular formula is C14H24N2. The SMILES string of the molecule is CC(C)Cc1ccc(N(C)C(C)CN)cc1. The van der Waals surface area contributed by atoms with Gasteiger partial charge in [-0.1, -0.05) is 26.0 Å². The summed E-state index contributed by atoms with van der Waals surface area (Å²) in [5.74, 6) is 0.714. The number of benzene rings is 1. The van der Waals surface area contributed by atoms with Crippen LogP contribution in [0.3, 0.4) is 0 Å². The summed E-state index contributed by atoms with van der Waals surface area (Å²) in [6.45, 7) is 7.32. The molecule has 1 aromatic rings. The van der Waals surface area contributed by atoms with Gasteiger partial charge in [0.15, 0.2) is 0 Å². The monoisotopic (exact) mass is 220 g/mol. The van der Waals surface area contributed by atoms with Crippen molar-refractivity contribution in [3.8, 4) is 0 Å². The van der Waals surface area contributed by atoms with Crippen LogP contribution in [0.25, 0.3) is 0 Å². The van der Waals surface area contributed by atoms with Gasteiger partial charge in [0, 0.05) is 25.3 Å². The number of likely N-dealkylation sites (N-methyl/N-ethyl adjacent to an activating group) is 1. The van der Waals surface area contributed by atoms with Gasteiger partial charge >= 0.3 is 0 Å². The molecule has 0 bridgehead atoms. The van der Waals surface area contributed by atoms with E-state index in [1.54, 1.807) is 0 Å². The zero-order chi connectivity index (χ0) is 12.1. The molecule has 0 aliphatic carbocycles. The summed E-state index contributed by atoms with van der Waals surface area (Å²) < 4.78 is 0. The Morgan fingerprint density at radius 1 is 1.12 bits per heavy atom. The molecule has 0 aliphatic rings. The highest BCUT2D eigenvalue weighted by molar-refractivity contribution is 5.47. The molecule has 1 unspecified atom stereocenters.